The van der Waals surface area contributed by atoms with E-state index in [9.17, 15) is 4.79 Å². The molecule has 13 heavy (non-hydrogen) atoms. The molecule has 0 aromatic heterocycles. The normalized spacial score (nSPS) is 22.0. The Balaban J connectivity index is 2.36. The van der Waals surface area contributed by atoms with Gasteiger partial charge in [0.1, 0.15) is 6.61 Å². The topological polar surface area (TPSA) is 49.8 Å². The third kappa shape index (κ3) is 2.59. The van der Waals surface area contributed by atoms with Crippen LogP contribution in [-0.2, 0) is 4.74 Å². The molecule has 1 atom stereocenters. The average Bonchev–Trinajstić information content (AvgIpc) is 2.61. The van der Waals surface area contributed by atoms with E-state index >= 15 is 0 Å². The molecule has 1 rings (SSSR count). The van der Waals surface area contributed by atoms with Gasteiger partial charge in [-0.3, -0.25) is 0 Å². The van der Waals surface area contributed by atoms with Crippen LogP contribution in [0.3, 0.4) is 0 Å². The van der Waals surface area contributed by atoms with Gasteiger partial charge in [-0.1, -0.05) is 6.92 Å². The second kappa shape index (κ2) is 5.07. The number of nitrogens with zero attached hydrogens (tertiary/aromatic N) is 1. The molecule has 0 aromatic rings. The van der Waals surface area contributed by atoms with Crippen molar-refractivity contribution < 1.29 is 14.6 Å². The summed E-state index contributed by atoms with van der Waals surface area (Å²) in [7, 11) is 0. The highest BCUT2D eigenvalue weighted by atomic mass is 16.6. The van der Waals surface area contributed by atoms with E-state index in [1.165, 1.54) is 0 Å². The summed E-state index contributed by atoms with van der Waals surface area (Å²) in [5, 5.41) is 8.49. The Morgan fingerprint density at radius 1 is 1.69 bits per heavy atom. The van der Waals surface area contributed by atoms with Crippen LogP contribution in [0.5, 0.6) is 0 Å². The van der Waals surface area contributed by atoms with Crippen LogP contribution < -0.4 is 0 Å². The van der Waals surface area contributed by atoms with Crippen molar-refractivity contribution in [2.24, 2.45) is 0 Å². The first kappa shape index (κ1) is 10.3. The minimum absolute atomic E-state index is 0.101. The molecule has 1 N–H and O–H groups in total. The molecule has 1 amide bonds. The highest BCUT2D eigenvalue weighted by Gasteiger charge is 2.27. The van der Waals surface area contributed by atoms with Crippen molar-refractivity contribution in [1.82, 2.24) is 4.90 Å². The van der Waals surface area contributed by atoms with E-state index in [1.807, 2.05) is 0 Å². The first-order chi connectivity index (χ1) is 6.29. The maximum Gasteiger partial charge on any atom is 0.410 e. The summed E-state index contributed by atoms with van der Waals surface area (Å²) in [4.78, 5) is 13.1. The molecule has 0 bridgehead atoms. The summed E-state index contributed by atoms with van der Waals surface area (Å²) < 4.78 is 4.84. The maximum atomic E-state index is 11.4. The predicted molar refractivity (Wildman–Crippen MR) is 48.5 cm³/mol. The van der Waals surface area contributed by atoms with Crippen molar-refractivity contribution in [3.63, 3.8) is 0 Å². The smallest absolute Gasteiger partial charge is 0.410 e. The van der Waals surface area contributed by atoms with Gasteiger partial charge >= 0.3 is 6.09 Å². The fourth-order valence-corrected chi connectivity index (χ4v) is 1.72. The Labute approximate surface area is 78.5 Å². The van der Waals surface area contributed by atoms with Gasteiger partial charge in [0.25, 0.3) is 0 Å². The van der Waals surface area contributed by atoms with Crippen LogP contribution in [0.25, 0.3) is 0 Å². The zero-order chi connectivity index (χ0) is 9.68. The number of hydrogen-bond acceptors (Lipinski definition) is 3. The molecule has 1 aliphatic heterocycles. The number of aliphatic hydroxyl groups excluding tert-OH is 1. The molecule has 76 valence electrons. The number of carbonyl (C=O) groups excluding carboxylic acids is 1. The Kier molecular flexibility index (Phi) is 4.02. The quantitative estimate of drug-likeness (QED) is 0.716. The van der Waals surface area contributed by atoms with Crippen LogP contribution >= 0.6 is 0 Å². The number of amides is 1. The van der Waals surface area contributed by atoms with E-state index < -0.39 is 0 Å². The van der Waals surface area contributed by atoms with Crippen molar-refractivity contribution in [2.45, 2.75) is 32.2 Å². The average molecular weight is 187 g/mol. The standard InChI is InChI=1S/C9H17NO3/c1-2-8-4-3-5-10(8)9(12)13-7-6-11/h8,11H,2-7H2,1H3. The van der Waals surface area contributed by atoms with Gasteiger partial charge in [0.2, 0.25) is 0 Å². The molecular formula is C9H17NO3. The minimum Gasteiger partial charge on any atom is -0.447 e. The molecule has 0 saturated carbocycles. The fraction of sp³-hybridized carbons (Fsp3) is 0.889. The Morgan fingerprint density at radius 3 is 3.08 bits per heavy atom. The number of hydrogen-bond donors (Lipinski definition) is 1. The molecular weight excluding hydrogens is 170 g/mol. The molecule has 1 aliphatic rings. The molecule has 0 spiro atoms. The first-order valence-electron chi connectivity index (χ1n) is 4.83. The van der Waals surface area contributed by atoms with Gasteiger partial charge in [0.15, 0.2) is 0 Å². The first-order valence-corrected chi connectivity index (χ1v) is 4.83. The van der Waals surface area contributed by atoms with Gasteiger partial charge in [-0.15, -0.1) is 0 Å². The second-order valence-electron chi connectivity index (χ2n) is 3.24. The predicted octanol–water partition coefficient (Wildman–Crippen LogP) is 0.990. The molecule has 1 unspecified atom stereocenters. The van der Waals surface area contributed by atoms with E-state index in [0.717, 1.165) is 25.8 Å². The molecule has 0 aliphatic carbocycles. The number of ether oxygens (including phenoxy) is 1. The number of rotatable bonds is 3. The Morgan fingerprint density at radius 2 is 2.46 bits per heavy atom. The van der Waals surface area contributed by atoms with Gasteiger partial charge in [-0.25, -0.2) is 4.79 Å². The number of aliphatic hydroxyl groups is 1. The lowest BCUT2D eigenvalue weighted by Crippen LogP contribution is -2.35. The van der Waals surface area contributed by atoms with Crippen molar-refractivity contribution in [1.29, 1.82) is 0 Å². The summed E-state index contributed by atoms with van der Waals surface area (Å²) in [6.07, 6.45) is 2.84. The second-order valence-corrected chi connectivity index (χ2v) is 3.24. The molecule has 4 nitrogen and oxygen atoms in total. The summed E-state index contributed by atoms with van der Waals surface area (Å²) in [6.45, 7) is 2.87. The molecule has 1 heterocycles. The highest BCUT2D eigenvalue weighted by Crippen LogP contribution is 2.20. The van der Waals surface area contributed by atoms with E-state index in [1.54, 1.807) is 4.90 Å². The summed E-state index contributed by atoms with van der Waals surface area (Å²) >= 11 is 0. The summed E-state index contributed by atoms with van der Waals surface area (Å²) in [6, 6.07) is 0.339. The van der Waals surface area contributed by atoms with E-state index in [2.05, 4.69) is 6.92 Å². The molecule has 1 saturated heterocycles. The molecule has 1 fully saturated rings. The van der Waals surface area contributed by atoms with Crippen LogP contribution in [0.1, 0.15) is 26.2 Å². The SMILES string of the molecule is CCC1CCCN1C(=O)OCCO. The number of likely N-dealkylation sites (tertiary alicyclic amines) is 1. The monoisotopic (exact) mass is 187 g/mol. The summed E-state index contributed by atoms with van der Waals surface area (Å²) in [5.74, 6) is 0. The van der Waals surface area contributed by atoms with Gasteiger partial charge in [-0.2, -0.15) is 0 Å². The van der Waals surface area contributed by atoms with E-state index in [0.29, 0.717) is 6.04 Å². The lowest BCUT2D eigenvalue weighted by atomic mass is 10.2. The van der Waals surface area contributed by atoms with Crippen molar-refractivity contribution >= 4 is 6.09 Å². The van der Waals surface area contributed by atoms with Gasteiger partial charge < -0.3 is 14.7 Å². The Hall–Kier alpha value is -0.770. The van der Waals surface area contributed by atoms with Gasteiger partial charge in [-0.05, 0) is 19.3 Å². The zero-order valence-electron chi connectivity index (χ0n) is 8.03. The van der Waals surface area contributed by atoms with Crippen LogP contribution in [-0.4, -0.2) is 41.9 Å². The zero-order valence-corrected chi connectivity index (χ0v) is 8.03. The lowest BCUT2D eigenvalue weighted by Gasteiger charge is -2.22. The van der Waals surface area contributed by atoms with Crippen LogP contribution in [0.2, 0.25) is 0 Å². The fourth-order valence-electron chi connectivity index (χ4n) is 1.72. The highest BCUT2D eigenvalue weighted by molar-refractivity contribution is 5.68. The third-order valence-corrected chi connectivity index (χ3v) is 2.40. The third-order valence-electron chi connectivity index (χ3n) is 2.40. The molecule has 0 radical (unpaired) electrons. The van der Waals surface area contributed by atoms with Crippen molar-refractivity contribution in [3.05, 3.63) is 0 Å². The minimum atomic E-state index is -0.279. The number of carbonyl (C=O) groups is 1. The van der Waals surface area contributed by atoms with Crippen molar-refractivity contribution in [2.75, 3.05) is 19.8 Å². The van der Waals surface area contributed by atoms with E-state index in [4.69, 9.17) is 9.84 Å². The van der Waals surface area contributed by atoms with Crippen LogP contribution in [0.4, 0.5) is 4.79 Å². The van der Waals surface area contributed by atoms with Crippen molar-refractivity contribution in [3.8, 4) is 0 Å². The molecule has 0 aromatic carbocycles. The summed E-state index contributed by atoms with van der Waals surface area (Å²) in [5.41, 5.74) is 0. The van der Waals surface area contributed by atoms with Gasteiger partial charge in [0, 0.05) is 12.6 Å². The Bertz CT molecular complexity index is 172. The molecule has 4 heteroatoms. The van der Waals surface area contributed by atoms with Gasteiger partial charge in [0.05, 0.1) is 6.61 Å². The lowest BCUT2D eigenvalue weighted by molar-refractivity contribution is 0.0803. The largest absolute Gasteiger partial charge is 0.447 e. The van der Waals surface area contributed by atoms with Crippen LogP contribution in [0, 0.1) is 0 Å². The van der Waals surface area contributed by atoms with E-state index in [-0.39, 0.29) is 19.3 Å². The van der Waals surface area contributed by atoms with Crippen LogP contribution in [0.15, 0.2) is 0 Å². The maximum absolute atomic E-state index is 11.4.